The molecule has 1 rings (SSSR count). The standard InChI is InChI=1S/C5H5F3NO2/c6-5(7,8)2-1-3(2)9-4(10)11/h2-3,9H,1H2/t2-,3-/m1/s1. The Morgan fingerprint density at radius 1 is 1.45 bits per heavy atom. The summed E-state index contributed by atoms with van der Waals surface area (Å²) in [4.78, 5) is 9.73. The van der Waals surface area contributed by atoms with Crippen molar-refractivity contribution in [3.63, 3.8) is 0 Å². The van der Waals surface area contributed by atoms with Crippen LogP contribution in [0.3, 0.4) is 0 Å². The number of rotatable bonds is 1. The molecule has 0 saturated heterocycles. The molecule has 63 valence electrons. The summed E-state index contributed by atoms with van der Waals surface area (Å²) in [6.45, 7) is 0. The minimum Gasteiger partial charge on any atom is -0.315 e. The van der Waals surface area contributed by atoms with Gasteiger partial charge in [-0.1, -0.05) is 0 Å². The van der Waals surface area contributed by atoms with Crippen LogP contribution >= 0.6 is 0 Å². The molecule has 6 heteroatoms. The first-order chi connectivity index (χ1) is 4.91. The van der Waals surface area contributed by atoms with Crippen molar-refractivity contribution in [2.75, 3.05) is 0 Å². The smallest absolute Gasteiger partial charge is 0.315 e. The molecule has 0 spiro atoms. The number of nitrogens with one attached hydrogen (secondary N) is 1. The third-order valence-electron chi connectivity index (χ3n) is 1.51. The second-order valence-electron chi connectivity index (χ2n) is 2.42. The lowest BCUT2D eigenvalue weighted by Gasteiger charge is -2.03. The van der Waals surface area contributed by atoms with Crippen LogP contribution in [-0.4, -0.2) is 18.3 Å². The van der Waals surface area contributed by atoms with Crippen LogP contribution in [0.5, 0.6) is 0 Å². The molecule has 1 aliphatic rings. The van der Waals surface area contributed by atoms with Gasteiger partial charge in [-0.05, 0) is 6.42 Å². The Kier molecular flexibility index (Phi) is 1.69. The number of hydrogen-bond acceptors (Lipinski definition) is 1. The van der Waals surface area contributed by atoms with Crippen molar-refractivity contribution in [2.24, 2.45) is 5.92 Å². The van der Waals surface area contributed by atoms with Crippen LogP contribution in [0, 0.1) is 5.92 Å². The average molecular weight is 168 g/mol. The van der Waals surface area contributed by atoms with Gasteiger partial charge < -0.3 is 5.32 Å². The zero-order chi connectivity index (χ0) is 8.65. The van der Waals surface area contributed by atoms with Gasteiger partial charge in [0.2, 0.25) is 0 Å². The third-order valence-corrected chi connectivity index (χ3v) is 1.51. The maximum atomic E-state index is 11.7. The highest BCUT2D eigenvalue weighted by Gasteiger charge is 2.56. The molecular weight excluding hydrogens is 163 g/mol. The molecule has 1 radical (unpaired) electrons. The van der Waals surface area contributed by atoms with Crippen molar-refractivity contribution in [1.82, 2.24) is 5.32 Å². The number of carbonyl (C=O) groups excluding carboxylic acids is 1. The lowest BCUT2D eigenvalue weighted by atomic mass is 10.4. The second kappa shape index (κ2) is 2.28. The molecule has 0 aromatic rings. The molecule has 1 fully saturated rings. The maximum absolute atomic E-state index is 11.7. The lowest BCUT2D eigenvalue weighted by Crippen LogP contribution is -2.27. The van der Waals surface area contributed by atoms with Crippen molar-refractivity contribution in [1.29, 1.82) is 0 Å². The van der Waals surface area contributed by atoms with Gasteiger partial charge in [0.25, 0.3) is 0 Å². The summed E-state index contributed by atoms with van der Waals surface area (Å²) in [7, 11) is 0. The highest BCUT2D eigenvalue weighted by atomic mass is 19.4. The average Bonchev–Trinajstić information content (AvgIpc) is 2.40. The molecule has 1 aliphatic carbocycles. The predicted molar refractivity (Wildman–Crippen MR) is 27.2 cm³/mol. The normalized spacial score (nSPS) is 29.7. The molecule has 1 saturated carbocycles. The van der Waals surface area contributed by atoms with E-state index in [-0.39, 0.29) is 6.42 Å². The second-order valence-corrected chi connectivity index (χ2v) is 2.42. The van der Waals surface area contributed by atoms with E-state index in [1.54, 1.807) is 5.32 Å². The minimum absolute atomic E-state index is 0.169. The zero-order valence-corrected chi connectivity index (χ0v) is 5.31. The Morgan fingerprint density at radius 3 is 2.27 bits per heavy atom. The molecule has 11 heavy (non-hydrogen) atoms. The van der Waals surface area contributed by atoms with E-state index in [1.165, 1.54) is 0 Å². The third kappa shape index (κ3) is 1.99. The Morgan fingerprint density at radius 2 is 2.00 bits per heavy atom. The molecular formula is C5H5F3NO2. The van der Waals surface area contributed by atoms with Gasteiger partial charge in [-0.15, -0.1) is 0 Å². The highest BCUT2D eigenvalue weighted by molar-refractivity contribution is 5.65. The van der Waals surface area contributed by atoms with Crippen LogP contribution in [0.4, 0.5) is 18.0 Å². The molecule has 0 unspecified atom stereocenters. The fourth-order valence-corrected chi connectivity index (χ4v) is 0.868. The number of amides is 1. The van der Waals surface area contributed by atoms with Gasteiger partial charge in [-0.3, -0.25) is 0 Å². The fourth-order valence-electron chi connectivity index (χ4n) is 0.868. The molecule has 3 nitrogen and oxygen atoms in total. The molecule has 0 aromatic heterocycles. The van der Waals surface area contributed by atoms with Crippen LogP contribution in [0.1, 0.15) is 6.42 Å². The molecule has 1 N–H and O–H groups in total. The molecule has 0 aliphatic heterocycles. The number of carbonyl (C=O) groups is 1. The summed E-state index contributed by atoms with van der Waals surface area (Å²) >= 11 is 0. The van der Waals surface area contributed by atoms with E-state index < -0.39 is 24.2 Å². The van der Waals surface area contributed by atoms with E-state index in [9.17, 15) is 23.1 Å². The van der Waals surface area contributed by atoms with Crippen LogP contribution in [-0.2, 0) is 5.11 Å². The van der Waals surface area contributed by atoms with Crippen molar-refractivity contribution < 1.29 is 23.1 Å². The monoisotopic (exact) mass is 168 g/mol. The maximum Gasteiger partial charge on any atom is 0.450 e. The minimum atomic E-state index is -4.28. The van der Waals surface area contributed by atoms with Gasteiger partial charge in [-0.2, -0.15) is 13.2 Å². The molecule has 0 bridgehead atoms. The van der Waals surface area contributed by atoms with Crippen molar-refractivity contribution in [3.05, 3.63) is 0 Å². The summed E-state index contributed by atoms with van der Waals surface area (Å²) in [5.74, 6) is -1.51. The van der Waals surface area contributed by atoms with E-state index in [0.29, 0.717) is 0 Å². The fraction of sp³-hybridized carbons (Fsp3) is 0.800. The first kappa shape index (κ1) is 8.16. The quantitative estimate of drug-likeness (QED) is 0.625. The van der Waals surface area contributed by atoms with Gasteiger partial charge in [0.05, 0.1) is 5.92 Å². The Hall–Kier alpha value is -0.940. The summed E-state index contributed by atoms with van der Waals surface area (Å²) in [5, 5.41) is 11.4. The van der Waals surface area contributed by atoms with E-state index in [1.807, 2.05) is 0 Å². The van der Waals surface area contributed by atoms with Crippen molar-refractivity contribution in [3.8, 4) is 0 Å². The van der Waals surface area contributed by atoms with Crippen molar-refractivity contribution in [2.45, 2.75) is 18.6 Å². The highest BCUT2D eigenvalue weighted by Crippen LogP contribution is 2.44. The largest absolute Gasteiger partial charge is 0.450 e. The molecule has 1 amide bonds. The van der Waals surface area contributed by atoms with Gasteiger partial charge in [0.1, 0.15) is 0 Å². The van der Waals surface area contributed by atoms with Crippen LogP contribution in [0.15, 0.2) is 0 Å². The van der Waals surface area contributed by atoms with E-state index >= 15 is 0 Å². The number of alkyl halides is 3. The van der Waals surface area contributed by atoms with Crippen LogP contribution in [0.2, 0.25) is 0 Å². The summed E-state index contributed by atoms with van der Waals surface area (Å²) in [6.07, 6.45) is -6.10. The molecule has 0 heterocycles. The van der Waals surface area contributed by atoms with E-state index in [4.69, 9.17) is 0 Å². The summed E-state index contributed by atoms with van der Waals surface area (Å²) in [5.41, 5.74) is 0. The van der Waals surface area contributed by atoms with E-state index in [0.717, 1.165) is 0 Å². The lowest BCUT2D eigenvalue weighted by molar-refractivity contribution is -0.148. The first-order valence-electron chi connectivity index (χ1n) is 2.95. The van der Waals surface area contributed by atoms with Crippen molar-refractivity contribution >= 4 is 6.09 Å². The van der Waals surface area contributed by atoms with Gasteiger partial charge in [-0.25, -0.2) is 9.90 Å². The topological polar surface area (TPSA) is 49.0 Å². The van der Waals surface area contributed by atoms with Crippen LogP contribution in [0.25, 0.3) is 0 Å². The predicted octanol–water partition coefficient (Wildman–Crippen LogP) is 1.08. The van der Waals surface area contributed by atoms with Crippen LogP contribution < -0.4 is 5.32 Å². The van der Waals surface area contributed by atoms with E-state index in [2.05, 4.69) is 0 Å². The SMILES string of the molecule is [O]C(=O)N[C@@H]1C[C@H]1C(F)(F)F. The summed E-state index contributed by atoms with van der Waals surface area (Å²) < 4.78 is 35.1. The Balaban J connectivity index is 2.32. The first-order valence-corrected chi connectivity index (χ1v) is 2.95. The number of halogens is 3. The van der Waals surface area contributed by atoms with Gasteiger partial charge >= 0.3 is 12.3 Å². The van der Waals surface area contributed by atoms with Gasteiger partial charge in [0, 0.05) is 6.04 Å². The number of hydrogen-bond donors (Lipinski definition) is 1. The molecule has 2 atom stereocenters. The zero-order valence-electron chi connectivity index (χ0n) is 5.31. The Bertz CT molecular complexity index is 179. The molecule has 0 aromatic carbocycles. The summed E-state index contributed by atoms with van der Waals surface area (Å²) in [6, 6.07) is -0.986. The van der Waals surface area contributed by atoms with Gasteiger partial charge in [0.15, 0.2) is 0 Å². The Labute approximate surface area is 60.2 Å².